The van der Waals surface area contributed by atoms with Gasteiger partial charge in [0.25, 0.3) is 0 Å². The number of anilines is 2. The second-order valence-corrected chi connectivity index (χ2v) is 4.75. The zero-order valence-corrected chi connectivity index (χ0v) is 11.7. The van der Waals surface area contributed by atoms with Gasteiger partial charge in [-0.15, -0.1) is 5.10 Å². The van der Waals surface area contributed by atoms with E-state index in [0.29, 0.717) is 5.56 Å². The first kappa shape index (κ1) is 15.2. The number of alkyl halides is 3. The summed E-state index contributed by atoms with van der Waals surface area (Å²) in [6.07, 6.45) is -3.02. The molecular weight excluding hydrogens is 301 g/mol. The topological polar surface area (TPSA) is 63.8 Å². The van der Waals surface area contributed by atoms with Gasteiger partial charge < -0.3 is 11.1 Å². The zero-order valence-electron chi connectivity index (χ0n) is 10.9. The number of thiocarbonyl (C=S) groups is 1. The molecule has 8 heteroatoms. The van der Waals surface area contributed by atoms with E-state index >= 15 is 0 Å². The second-order valence-electron chi connectivity index (χ2n) is 4.31. The minimum atomic E-state index is -4.42. The van der Waals surface area contributed by atoms with E-state index in [9.17, 15) is 13.2 Å². The normalized spacial score (nSPS) is 11.2. The lowest BCUT2D eigenvalue weighted by molar-refractivity contribution is -0.138. The van der Waals surface area contributed by atoms with Crippen LogP contribution in [-0.4, -0.2) is 15.2 Å². The maximum Gasteiger partial charge on any atom is 0.416 e. The molecule has 0 amide bonds. The van der Waals surface area contributed by atoms with E-state index < -0.39 is 11.7 Å². The molecule has 0 bridgehead atoms. The van der Waals surface area contributed by atoms with Gasteiger partial charge in [-0.2, -0.15) is 18.3 Å². The van der Waals surface area contributed by atoms with Crippen LogP contribution in [0.3, 0.4) is 0 Å². The number of rotatable bonds is 3. The number of halogens is 3. The van der Waals surface area contributed by atoms with Crippen LogP contribution in [0.1, 0.15) is 16.7 Å². The summed E-state index contributed by atoms with van der Waals surface area (Å²) in [4.78, 5) is 0.0792. The summed E-state index contributed by atoms with van der Waals surface area (Å²) < 4.78 is 38.6. The number of nitrogens with zero attached hydrogens (tertiary/aromatic N) is 2. The first-order valence-electron chi connectivity index (χ1n) is 5.85. The van der Waals surface area contributed by atoms with E-state index in [1.54, 1.807) is 0 Å². The SMILES string of the molecule is Cc1ccc(Nc2nnccc2C(N)=S)cc1C(F)(F)F. The van der Waals surface area contributed by atoms with Crippen molar-refractivity contribution in [1.29, 1.82) is 0 Å². The van der Waals surface area contributed by atoms with Crippen LogP contribution in [-0.2, 0) is 6.18 Å². The number of nitrogens with two attached hydrogens (primary N) is 1. The Bertz CT molecular complexity index is 685. The van der Waals surface area contributed by atoms with Crippen LogP contribution in [0, 0.1) is 6.92 Å². The summed E-state index contributed by atoms with van der Waals surface area (Å²) in [6, 6.07) is 5.44. The highest BCUT2D eigenvalue weighted by atomic mass is 32.1. The first-order chi connectivity index (χ1) is 9.79. The third kappa shape index (κ3) is 3.46. The molecule has 0 spiro atoms. The molecule has 0 fully saturated rings. The summed E-state index contributed by atoms with van der Waals surface area (Å²) in [5.74, 6) is 0.210. The maximum absolute atomic E-state index is 12.9. The van der Waals surface area contributed by atoms with Crippen LogP contribution < -0.4 is 11.1 Å². The van der Waals surface area contributed by atoms with Gasteiger partial charge in [-0.05, 0) is 30.7 Å². The maximum atomic E-state index is 12.9. The Labute approximate surface area is 124 Å². The van der Waals surface area contributed by atoms with E-state index in [2.05, 4.69) is 15.5 Å². The first-order valence-corrected chi connectivity index (χ1v) is 6.26. The van der Waals surface area contributed by atoms with Gasteiger partial charge in [-0.25, -0.2) is 0 Å². The molecule has 1 aromatic heterocycles. The highest BCUT2D eigenvalue weighted by molar-refractivity contribution is 7.80. The minimum absolute atomic E-state index is 0.0792. The highest BCUT2D eigenvalue weighted by Gasteiger charge is 2.32. The Morgan fingerprint density at radius 2 is 2.00 bits per heavy atom. The Balaban J connectivity index is 2.40. The van der Waals surface area contributed by atoms with Gasteiger partial charge in [0.1, 0.15) is 4.99 Å². The van der Waals surface area contributed by atoms with Gasteiger partial charge in [0.2, 0.25) is 0 Å². The Kier molecular flexibility index (Phi) is 4.08. The summed E-state index contributed by atoms with van der Waals surface area (Å²) in [7, 11) is 0. The molecule has 4 nitrogen and oxygen atoms in total. The summed E-state index contributed by atoms with van der Waals surface area (Å²) in [5, 5.41) is 10.2. The Morgan fingerprint density at radius 3 is 2.62 bits per heavy atom. The van der Waals surface area contributed by atoms with E-state index in [1.165, 1.54) is 31.3 Å². The smallest absolute Gasteiger partial charge is 0.389 e. The molecule has 21 heavy (non-hydrogen) atoms. The van der Waals surface area contributed by atoms with Crippen LogP contribution in [0.4, 0.5) is 24.7 Å². The predicted octanol–water partition coefficient (Wildman–Crippen LogP) is 3.18. The highest BCUT2D eigenvalue weighted by Crippen LogP contribution is 2.34. The van der Waals surface area contributed by atoms with Crippen molar-refractivity contribution in [3.05, 3.63) is 47.2 Å². The van der Waals surface area contributed by atoms with Crippen molar-refractivity contribution in [3.8, 4) is 0 Å². The number of hydrogen-bond donors (Lipinski definition) is 2. The van der Waals surface area contributed by atoms with Gasteiger partial charge >= 0.3 is 6.18 Å². The summed E-state index contributed by atoms with van der Waals surface area (Å²) >= 11 is 4.86. The number of aryl methyl sites for hydroxylation is 1. The van der Waals surface area contributed by atoms with Crippen LogP contribution in [0.15, 0.2) is 30.5 Å². The average Bonchev–Trinajstić information content (AvgIpc) is 2.40. The molecule has 0 aliphatic rings. The van der Waals surface area contributed by atoms with Gasteiger partial charge in [0.15, 0.2) is 5.82 Å². The lowest BCUT2D eigenvalue weighted by Crippen LogP contribution is -2.14. The lowest BCUT2D eigenvalue weighted by Gasteiger charge is -2.14. The van der Waals surface area contributed by atoms with Crippen molar-refractivity contribution in [2.24, 2.45) is 5.73 Å². The molecule has 0 aliphatic carbocycles. The molecule has 0 atom stereocenters. The van der Waals surface area contributed by atoms with Crippen LogP contribution in [0.2, 0.25) is 0 Å². The number of aromatic nitrogens is 2. The second kappa shape index (κ2) is 5.65. The summed E-state index contributed by atoms with van der Waals surface area (Å²) in [6.45, 7) is 1.40. The fourth-order valence-electron chi connectivity index (χ4n) is 1.76. The van der Waals surface area contributed by atoms with Gasteiger partial charge in [-0.3, -0.25) is 0 Å². The third-order valence-corrected chi connectivity index (χ3v) is 3.01. The number of nitrogens with one attached hydrogen (secondary N) is 1. The van der Waals surface area contributed by atoms with E-state index in [1.807, 2.05) is 0 Å². The molecular formula is C13H11F3N4S. The quantitative estimate of drug-likeness (QED) is 0.852. The largest absolute Gasteiger partial charge is 0.416 e. The zero-order chi connectivity index (χ0) is 15.6. The molecule has 110 valence electrons. The fourth-order valence-corrected chi connectivity index (χ4v) is 1.93. The molecule has 0 unspecified atom stereocenters. The molecule has 0 saturated heterocycles. The molecule has 0 radical (unpaired) electrons. The molecule has 1 aromatic carbocycles. The van der Waals surface area contributed by atoms with Crippen molar-refractivity contribution in [3.63, 3.8) is 0 Å². The van der Waals surface area contributed by atoms with Crippen molar-refractivity contribution in [2.75, 3.05) is 5.32 Å². The Morgan fingerprint density at radius 1 is 1.29 bits per heavy atom. The van der Waals surface area contributed by atoms with Gasteiger partial charge in [0.05, 0.1) is 17.3 Å². The molecule has 0 saturated carbocycles. The predicted molar refractivity (Wildman–Crippen MR) is 77.4 cm³/mol. The summed E-state index contributed by atoms with van der Waals surface area (Å²) in [5.41, 5.74) is 5.60. The van der Waals surface area contributed by atoms with Crippen molar-refractivity contribution < 1.29 is 13.2 Å². The van der Waals surface area contributed by atoms with Gasteiger partial charge in [-0.1, -0.05) is 18.3 Å². The van der Waals surface area contributed by atoms with E-state index in [-0.39, 0.29) is 22.1 Å². The van der Waals surface area contributed by atoms with Crippen LogP contribution in [0.25, 0.3) is 0 Å². The Hall–Kier alpha value is -2.22. The van der Waals surface area contributed by atoms with Crippen LogP contribution in [0.5, 0.6) is 0 Å². The molecule has 2 aromatic rings. The van der Waals surface area contributed by atoms with Crippen molar-refractivity contribution >= 4 is 28.7 Å². The fraction of sp³-hybridized carbons (Fsp3) is 0.154. The monoisotopic (exact) mass is 312 g/mol. The van der Waals surface area contributed by atoms with Crippen LogP contribution >= 0.6 is 12.2 Å². The molecule has 0 aliphatic heterocycles. The number of hydrogen-bond acceptors (Lipinski definition) is 4. The van der Waals surface area contributed by atoms with E-state index in [0.717, 1.165) is 6.07 Å². The van der Waals surface area contributed by atoms with Crippen molar-refractivity contribution in [2.45, 2.75) is 13.1 Å². The minimum Gasteiger partial charge on any atom is -0.389 e. The van der Waals surface area contributed by atoms with E-state index in [4.69, 9.17) is 18.0 Å². The lowest BCUT2D eigenvalue weighted by atomic mass is 10.1. The third-order valence-electron chi connectivity index (χ3n) is 2.79. The average molecular weight is 312 g/mol. The van der Waals surface area contributed by atoms with Gasteiger partial charge in [0, 0.05) is 5.69 Å². The number of benzene rings is 1. The van der Waals surface area contributed by atoms with Crippen molar-refractivity contribution in [1.82, 2.24) is 10.2 Å². The standard InChI is InChI=1S/C13H11F3N4S/c1-7-2-3-8(6-10(7)13(14,15)16)19-12-9(11(17)21)4-5-18-20-12/h2-6H,1H3,(H2,17,21)(H,19,20). The molecule has 3 N–H and O–H groups in total. The molecule has 2 rings (SSSR count). The molecule has 1 heterocycles.